The summed E-state index contributed by atoms with van der Waals surface area (Å²) in [7, 11) is 0. The highest BCUT2D eigenvalue weighted by Crippen LogP contribution is 2.39. The Hall–Kier alpha value is -2.94. The van der Waals surface area contributed by atoms with Crippen LogP contribution in [0.4, 0.5) is 10.2 Å². The van der Waals surface area contributed by atoms with Gasteiger partial charge in [0.15, 0.2) is 0 Å². The molecule has 0 radical (unpaired) electrons. The Morgan fingerprint density at radius 3 is 2.50 bits per heavy atom. The first-order valence-electron chi connectivity index (χ1n) is 9.74. The van der Waals surface area contributed by atoms with Crippen LogP contribution in [-0.4, -0.2) is 29.5 Å². The van der Waals surface area contributed by atoms with Crippen LogP contribution in [0, 0.1) is 23.1 Å². The first-order valence-corrected chi connectivity index (χ1v) is 9.74. The number of anilines is 1. The third-order valence-corrected chi connectivity index (χ3v) is 5.76. The standard InChI is InChI=1S/C22H23FN4O/c23-19-4-1-16(2-5-19)13-22(9-10-22)26-21(28)18-7-11-27(12-8-18)20-6-3-17(14-24)15-25-20/h1-6,15,18H,7-13H2,(H,26,28). The molecule has 28 heavy (non-hydrogen) atoms. The maximum Gasteiger partial charge on any atom is 0.223 e. The molecule has 4 rings (SSSR count). The molecule has 2 fully saturated rings. The number of halogens is 1. The molecule has 2 aliphatic rings. The maximum atomic E-state index is 13.1. The van der Waals surface area contributed by atoms with Crippen LogP contribution in [0.25, 0.3) is 0 Å². The molecule has 1 saturated carbocycles. The Balaban J connectivity index is 1.30. The van der Waals surface area contributed by atoms with Crippen LogP contribution in [0.3, 0.4) is 0 Å². The highest BCUT2D eigenvalue weighted by Gasteiger charge is 2.45. The van der Waals surface area contributed by atoms with Gasteiger partial charge >= 0.3 is 0 Å². The van der Waals surface area contributed by atoms with E-state index in [-0.39, 0.29) is 23.2 Å². The van der Waals surface area contributed by atoms with Gasteiger partial charge in [0, 0.05) is 30.7 Å². The number of amides is 1. The molecule has 6 heteroatoms. The molecule has 0 bridgehead atoms. The number of hydrogen-bond acceptors (Lipinski definition) is 4. The lowest BCUT2D eigenvalue weighted by Crippen LogP contribution is -2.46. The minimum absolute atomic E-state index is 0.0142. The van der Waals surface area contributed by atoms with Crippen LogP contribution in [0.1, 0.15) is 36.8 Å². The van der Waals surface area contributed by atoms with Crippen LogP contribution >= 0.6 is 0 Å². The van der Waals surface area contributed by atoms with Gasteiger partial charge in [-0.1, -0.05) is 12.1 Å². The summed E-state index contributed by atoms with van der Waals surface area (Å²) in [5.41, 5.74) is 1.45. The molecule has 1 aromatic carbocycles. The van der Waals surface area contributed by atoms with E-state index in [4.69, 9.17) is 5.26 Å². The van der Waals surface area contributed by atoms with Gasteiger partial charge in [0.05, 0.1) is 5.56 Å². The number of piperidine rings is 1. The van der Waals surface area contributed by atoms with Gasteiger partial charge in [0.1, 0.15) is 17.7 Å². The molecule has 5 nitrogen and oxygen atoms in total. The molecule has 1 N–H and O–H groups in total. The molecule has 1 amide bonds. The molecule has 1 aliphatic carbocycles. The molecule has 2 heterocycles. The van der Waals surface area contributed by atoms with Crippen molar-refractivity contribution in [2.75, 3.05) is 18.0 Å². The molecule has 2 aromatic rings. The second kappa shape index (κ2) is 7.59. The number of nitriles is 1. The summed E-state index contributed by atoms with van der Waals surface area (Å²) in [4.78, 5) is 19.3. The van der Waals surface area contributed by atoms with Crippen molar-refractivity contribution >= 4 is 11.7 Å². The highest BCUT2D eigenvalue weighted by atomic mass is 19.1. The van der Waals surface area contributed by atoms with Crippen LogP contribution in [-0.2, 0) is 11.2 Å². The number of nitrogens with zero attached hydrogens (tertiary/aromatic N) is 3. The van der Waals surface area contributed by atoms with Gasteiger partial charge in [0.2, 0.25) is 5.91 Å². The van der Waals surface area contributed by atoms with Gasteiger partial charge in [-0.05, 0) is 61.9 Å². The lowest BCUT2D eigenvalue weighted by molar-refractivity contribution is -0.126. The van der Waals surface area contributed by atoms with Crippen molar-refractivity contribution in [1.29, 1.82) is 5.26 Å². The van der Waals surface area contributed by atoms with Crippen molar-refractivity contribution in [2.24, 2.45) is 5.92 Å². The molecular weight excluding hydrogens is 355 g/mol. The zero-order chi connectivity index (χ0) is 19.6. The average Bonchev–Trinajstić information content (AvgIpc) is 3.49. The largest absolute Gasteiger partial charge is 0.357 e. The molecule has 1 aliphatic heterocycles. The molecule has 0 atom stereocenters. The summed E-state index contributed by atoms with van der Waals surface area (Å²) >= 11 is 0. The quantitative estimate of drug-likeness (QED) is 0.868. The lowest BCUT2D eigenvalue weighted by Gasteiger charge is -2.33. The van der Waals surface area contributed by atoms with Gasteiger partial charge in [-0.3, -0.25) is 4.79 Å². The van der Waals surface area contributed by atoms with Gasteiger partial charge in [-0.15, -0.1) is 0 Å². The monoisotopic (exact) mass is 378 g/mol. The number of aromatic nitrogens is 1. The Labute approximate surface area is 164 Å². The van der Waals surface area contributed by atoms with E-state index < -0.39 is 0 Å². The van der Waals surface area contributed by atoms with Crippen LogP contribution < -0.4 is 10.2 Å². The minimum Gasteiger partial charge on any atom is -0.357 e. The van der Waals surface area contributed by atoms with E-state index in [2.05, 4.69) is 21.3 Å². The van der Waals surface area contributed by atoms with Crippen molar-refractivity contribution in [3.05, 3.63) is 59.5 Å². The Kier molecular flexibility index (Phi) is 4.99. The fourth-order valence-electron chi connectivity index (χ4n) is 3.86. The van der Waals surface area contributed by atoms with E-state index in [1.165, 1.54) is 12.1 Å². The lowest BCUT2D eigenvalue weighted by atomic mass is 9.94. The van der Waals surface area contributed by atoms with Crippen molar-refractivity contribution in [1.82, 2.24) is 10.3 Å². The van der Waals surface area contributed by atoms with Crippen LogP contribution in [0.2, 0.25) is 0 Å². The van der Waals surface area contributed by atoms with E-state index >= 15 is 0 Å². The number of nitrogens with one attached hydrogen (secondary N) is 1. The van der Waals surface area contributed by atoms with Gasteiger partial charge < -0.3 is 10.2 Å². The SMILES string of the molecule is N#Cc1ccc(N2CCC(C(=O)NC3(Cc4ccc(F)cc4)CC3)CC2)nc1. The normalized spacial score (nSPS) is 18.4. The topological polar surface area (TPSA) is 69.0 Å². The van der Waals surface area contributed by atoms with Gasteiger partial charge in [0.25, 0.3) is 0 Å². The highest BCUT2D eigenvalue weighted by molar-refractivity contribution is 5.80. The minimum atomic E-state index is -0.235. The summed E-state index contributed by atoms with van der Waals surface area (Å²) in [5, 5.41) is 12.1. The number of benzene rings is 1. The fourth-order valence-corrected chi connectivity index (χ4v) is 3.86. The molecule has 144 valence electrons. The third kappa shape index (κ3) is 4.14. The Morgan fingerprint density at radius 2 is 1.93 bits per heavy atom. The smallest absolute Gasteiger partial charge is 0.223 e. The van der Waals surface area contributed by atoms with E-state index in [9.17, 15) is 9.18 Å². The summed E-state index contributed by atoms with van der Waals surface area (Å²) in [6, 6.07) is 12.2. The molecule has 1 saturated heterocycles. The summed E-state index contributed by atoms with van der Waals surface area (Å²) < 4.78 is 13.1. The summed E-state index contributed by atoms with van der Waals surface area (Å²) in [6.45, 7) is 1.56. The predicted molar refractivity (Wildman–Crippen MR) is 104 cm³/mol. The average molecular weight is 378 g/mol. The van der Waals surface area contributed by atoms with Crippen LogP contribution in [0.5, 0.6) is 0 Å². The molecule has 0 spiro atoms. The summed E-state index contributed by atoms with van der Waals surface area (Å²) in [5.74, 6) is 0.765. The zero-order valence-corrected chi connectivity index (χ0v) is 15.7. The number of hydrogen-bond donors (Lipinski definition) is 1. The second-order valence-corrected chi connectivity index (χ2v) is 7.85. The first kappa shape index (κ1) is 18.4. The van der Waals surface area contributed by atoms with E-state index in [0.717, 1.165) is 56.6 Å². The van der Waals surface area contributed by atoms with Crippen molar-refractivity contribution in [2.45, 2.75) is 37.6 Å². The van der Waals surface area contributed by atoms with Crippen LogP contribution in [0.15, 0.2) is 42.6 Å². The van der Waals surface area contributed by atoms with Gasteiger partial charge in [-0.25, -0.2) is 9.37 Å². The number of carbonyl (C=O) groups excluding carboxylic acids is 1. The summed E-state index contributed by atoms with van der Waals surface area (Å²) in [6.07, 6.45) is 5.88. The molecule has 0 unspecified atom stereocenters. The Bertz CT molecular complexity index is 876. The predicted octanol–water partition coefficient (Wildman–Crippen LogP) is 3.20. The van der Waals surface area contributed by atoms with E-state index in [1.807, 2.05) is 6.07 Å². The Morgan fingerprint density at radius 1 is 1.21 bits per heavy atom. The number of rotatable bonds is 5. The van der Waals surface area contributed by atoms with E-state index in [1.54, 1.807) is 24.4 Å². The third-order valence-electron chi connectivity index (χ3n) is 5.76. The van der Waals surface area contributed by atoms with Gasteiger partial charge in [-0.2, -0.15) is 5.26 Å². The van der Waals surface area contributed by atoms with E-state index in [0.29, 0.717) is 5.56 Å². The number of pyridine rings is 1. The van der Waals surface area contributed by atoms with Crippen molar-refractivity contribution in [3.63, 3.8) is 0 Å². The fraction of sp³-hybridized carbons (Fsp3) is 0.409. The second-order valence-electron chi connectivity index (χ2n) is 7.85. The van der Waals surface area contributed by atoms with Crippen molar-refractivity contribution < 1.29 is 9.18 Å². The zero-order valence-electron chi connectivity index (χ0n) is 15.7. The number of carbonyl (C=O) groups is 1. The maximum absolute atomic E-state index is 13.1. The molecule has 1 aromatic heterocycles. The molecular formula is C22H23FN4O. The first-order chi connectivity index (χ1) is 13.6. The van der Waals surface area contributed by atoms with Crippen molar-refractivity contribution in [3.8, 4) is 6.07 Å².